The number of ether oxygens (including phenoxy) is 1. The van der Waals surface area contributed by atoms with Gasteiger partial charge in [0.05, 0.1) is 23.4 Å². The highest BCUT2D eigenvalue weighted by molar-refractivity contribution is 6.32. The molecular weight excluding hydrogens is 280 g/mol. The number of benzene rings is 1. The van der Waals surface area contributed by atoms with Gasteiger partial charge in [-0.3, -0.25) is 0 Å². The minimum absolute atomic E-state index is 0.245. The largest absolute Gasteiger partial charge is 0.490 e. The number of likely N-dealkylation sites (tertiary alicyclic amines) is 1. The zero-order valence-corrected chi connectivity index (χ0v) is 12.2. The Morgan fingerprint density at radius 2 is 2.40 bits per heavy atom. The molecule has 2 rings (SSSR count). The first kappa shape index (κ1) is 14.9. The van der Waals surface area contributed by atoms with E-state index in [1.807, 2.05) is 6.92 Å². The van der Waals surface area contributed by atoms with Crippen molar-refractivity contribution >= 4 is 23.3 Å². The number of aliphatic hydroxyl groups excluding tert-OH is 1. The number of halogens is 1. The molecule has 2 amide bonds. The highest BCUT2D eigenvalue weighted by atomic mass is 35.5. The van der Waals surface area contributed by atoms with Crippen molar-refractivity contribution in [3.05, 3.63) is 23.2 Å². The summed E-state index contributed by atoms with van der Waals surface area (Å²) in [4.78, 5) is 13.7. The standard InChI is InChI=1S/C14H19ClN2O3/c1-2-8-20-13-11(15)4-3-5-12(13)16-14(19)17-7-6-10(18)9-17/h3-5,10,18H,2,6-9H2,1H3,(H,16,19)/t10-/m1/s1. The van der Waals surface area contributed by atoms with Crippen LogP contribution < -0.4 is 10.1 Å². The van der Waals surface area contributed by atoms with E-state index in [1.165, 1.54) is 0 Å². The summed E-state index contributed by atoms with van der Waals surface area (Å²) in [5.41, 5.74) is 0.553. The van der Waals surface area contributed by atoms with E-state index in [0.717, 1.165) is 6.42 Å². The van der Waals surface area contributed by atoms with Crippen LogP contribution in [0.25, 0.3) is 0 Å². The van der Waals surface area contributed by atoms with Crippen LogP contribution in [-0.4, -0.2) is 41.8 Å². The van der Waals surface area contributed by atoms with E-state index in [1.54, 1.807) is 23.1 Å². The molecule has 1 heterocycles. The fraction of sp³-hybridized carbons (Fsp3) is 0.500. The minimum Gasteiger partial charge on any atom is -0.490 e. The van der Waals surface area contributed by atoms with Crippen molar-refractivity contribution in [1.82, 2.24) is 4.90 Å². The number of nitrogens with one attached hydrogen (secondary N) is 1. The maximum atomic E-state index is 12.1. The van der Waals surface area contributed by atoms with Crippen LogP contribution in [0.5, 0.6) is 5.75 Å². The molecule has 1 fully saturated rings. The summed E-state index contributed by atoms with van der Waals surface area (Å²) >= 11 is 6.10. The molecule has 1 aliphatic rings. The first-order valence-electron chi connectivity index (χ1n) is 6.77. The molecule has 110 valence electrons. The van der Waals surface area contributed by atoms with Crippen LogP contribution >= 0.6 is 11.6 Å². The van der Waals surface area contributed by atoms with Gasteiger partial charge in [0.1, 0.15) is 0 Å². The lowest BCUT2D eigenvalue weighted by molar-refractivity contribution is 0.176. The Balaban J connectivity index is 2.08. The number of rotatable bonds is 4. The first-order valence-corrected chi connectivity index (χ1v) is 7.15. The van der Waals surface area contributed by atoms with Gasteiger partial charge in [-0.2, -0.15) is 0 Å². The van der Waals surface area contributed by atoms with Gasteiger partial charge in [-0.25, -0.2) is 4.79 Å². The molecule has 1 aromatic carbocycles. The van der Waals surface area contributed by atoms with Crippen molar-refractivity contribution in [3.8, 4) is 5.75 Å². The van der Waals surface area contributed by atoms with E-state index in [4.69, 9.17) is 16.3 Å². The zero-order valence-electron chi connectivity index (χ0n) is 11.4. The van der Waals surface area contributed by atoms with E-state index in [9.17, 15) is 9.90 Å². The van der Waals surface area contributed by atoms with E-state index < -0.39 is 6.10 Å². The number of β-amino-alcohol motifs (C(OH)–C–C–N with tert-alkyl or cyclic N) is 1. The van der Waals surface area contributed by atoms with E-state index in [-0.39, 0.29) is 6.03 Å². The van der Waals surface area contributed by atoms with Crippen LogP contribution in [0.1, 0.15) is 19.8 Å². The number of amides is 2. The van der Waals surface area contributed by atoms with Gasteiger partial charge in [0, 0.05) is 13.1 Å². The fourth-order valence-electron chi connectivity index (χ4n) is 2.08. The zero-order chi connectivity index (χ0) is 14.5. The van der Waals surface area contributed by atoms with Gasteiger partial charge >= 0.3 is 6.03 Å². The second-order valence-electron chi connectivity index (χ2n) is 4.78. The summed E-state index contributed by atoms with van der Waals surface area (Å²) in [5.74, 6) is 0.490. The molecule has 0 bridgehead atoms. The third-order valence-electron chi connectivity index (χ3n) is 3.11. The first-order chi connectivity index (χ1) is 9.61. The number of para-hydroxylation sites is 1. The SMILES string of the molecule is CCCOc1c(Cl)cccc1NC(=O)N1CC[C@@H](O)C1. The third kappa shape index (κ3) is 3.55. The lowest BCUT2D eigenvalue weighted by Crippen LogP contribution is -2.33. The molecule has 0 spiro atoms. The summed E-state index contributed by atoms with van der Waals surface area (Å²) in [5, 5.41) is 12.7. The van der Waals surface area contributed by atoms with Crippen molar-refractivity contribution in [1.29, 1.82) is 0 Å². The number of urea groups is 1. The molecule has 0 aliphatic carbocycles. The van der Waals surface area contributed by atoms with Gasteiger partial charge in [-0.05, 0) is 25.0 Å². The maximum absolute atomic E-state index is 12.1. The normalized spacial score (nSPS) is 18.1. The van der Waals surface area contributed by atoms with Crippen LogP contribution in [0.15, 0.2) is 18.2 Å². The molecule has 0 aromatic heterocycles. The highest BCUT2D eigenvalue weighted by Crippen LogP contribution is 2.33. The molecule has 5 nitrogen and oxygen atoms in total. The molecule has 1 saturated heterocycles. The predicted octanol–water partition coefficient (Wildman–Crippen LogP) is 2.73. The average molecular weight is 299 g/mol. The van der Waals surface area contributed by atoms with E-state index in [0.29, 0.717) is 42.6 Å². The number of carbonyl (C=O) groups is 1. The van der Waals surface area contributed by atoms with Gasteiger partial charge in [0.15, 0.2) is 5.75 Å². The van der Waals surface area contributed by atoms with Crippen LogP contribution in [0, 0.1) is 0 Å². The van der Waals surface area contributed by atoms with E-state index in [2.05, 4.69) is 5.32 Å². The van der Waals surface area contributed by atoms with Crippen molar-refractivity contribution in [3.63, 3.8) is 0 Å². The second-order valence-corrected chi connectivity index (χ2v) is 5.19. The van der Waals surface area contributed by atoms with Crippen molar-refractivity contribution in [2.24, 2.45) is 0 Å². The Bertz CT molecular complexity index is 481. The summed E-state index contributed by atoms with van der Waals surface area (Å²) in [6.07, 6.45) is 1.04. The lowest BCUT2D eigenvalue weighted by Gasteiger charge is -2.18. The quantitative estimate of drug-likeness (QED) is 0.898. The fourth-order valence-corrected chi connectivity index (χ4v) is 2.31. The molecule has 6 heteroatoms. The van der Waals surface area contributed by atoms with Gasteiger partial charge in [0.2, 0.25) is 0 Å². The van der Waals surface area contributed by atoms with Crippen molar-refractivity contribution < 1.29 is 14.6 Å². The Morgan fingerprint density at radius 3 is 3.05 bits per heavy atom. The summed E-state index contributed by atoms with van der Waals surface area (Å²) in [7, 11) is 0. The number of nitrogens with zero attached hydrogens (tertiary/aromatic N) is 1. The Labute approximate surface area is 123 Å². The maximum Gasteiger partial charge on any atom is 0.322 e. The number of carbonyl (C=O) groups excluding carboxylic acids is 1. The second kappa shape index (κ2) is 6.81. The monoisotopic (exact) mass is 298 g/mol. The topological polar surface area (TPSA) is 61.8 Å². The van der Waals surface area contributed by atoms with Gasteiger partial charge in [0.25, 0.3) is 0 Å². The van der Waals surface area contributed by atoms with Crippen molar-refractivity contribution in [2.75, 3.05) is 25.0 Å². The summed E-state index contributed by atoms with van der Waals surface area (Å²) in [6.45, 7) is 3.45. The molecule has 20 heavy (non-hydrogen) atoms. The number of hydrogen-bond donors (Lipinski definition) is 2. The summed E-state index contributed by atoms with van der Waals surface area (Å²) < 4.78 is 5.59. The highest BCUT2D eigenvalue weighted by Gasteiger charge is 2.25. The lowest BCUT2D eigenvalue weighted by atomic mass is 10.3. The molecule has 1 aromatic rings. The smallest absolute Gasteiger partial charge is 0.322 e. The molecule has 1 aliphatic heterocycles. The number of hydrogen-bond acceptors (Lipinski definition) is 3. The van der Waals surface area contributed by atoms with Gasteiger partial charge < -0.3 is 20.1 Å². The number of anilines is 1. The molecule has 1 atom stereocenters. The minimum atomic E-state index is -0.434. The third-order valence-corrected chi connectivity index (χ3v) is 3.41. The molecule has 2 N–H and O–H groups in total. The van der Waals surface area contributed by atoms with Crippen LogP contribution in [0.3, 0.4) is 0 Å². The molecular formula is C14H19ClN2O3. The van der Waals surface area contributed by atoms with Crippen molar-refractivity contribution in [2.45, 2.75) is 25.9 Å². The molecule has 0 unspecified atom stereocenters. The Morgan fingerprint density at radius 1 is 1.60 bits per heavy atom. The van der Waals surface area contributed by atoms with Crippen LogP contribution in [-0.2, 0) is 0 Å². The van der Waals surface area contributed by atoms with Gasteiger partial charge in [-0.1, -0.05) is 24.6 Å². The molecule has 0 saturated carbocycles. The van der Waals surface area contributed by atoms with E-state index >= 15 is 0 Å². The van der Waals surface area contributed by atoms with Crippen LogP contribution in [0.2, 0.25) is 5.02 Å². The van der Waals surface area contributed by atoms with Crippen LogP contribution in [0.4, 0.5) is 10.5 Å². The average Bonchev–Trinajstić information content (AvgIpc) is 2.85. The predicted molar refractivity (Wildman–Crippen MR) is 78.5 cm³/mol. The Hall–Kier alpha value is -1.46. The Kier molecular flexibility index (Phi) is 5.09. The summed E-state index contributed by atoms with van der Waals surface area (Å²) in [6, 6.07) is 4.99. The number of aliphatic hydroxyl groups is 1. The van der Waals surface area contributed by atoms with Gasteiger partial charge in [-0.15, -0.1) is 0 Å². The molecule has 0 radical (unpaired) electrons.